The number of hydrogen-bond donors (Lipinski definition) is 2. The third-order valence-electron chi connectivity index (χ3n) is 2.98. The Kier molecular flexibility index (Phi) is 8.49. The second-order valence-electron chi connectivity index (χ2n) is 4.77. The Morgan fingerprint density at radius 1 is 1.37 bits per heavy atom. The maximum Gasteiger partial charge on any atom is 1.00 e. The van der Waals surface area contributed by atoms with Crippen LogP contribution in [0.5, 0.6) is 0 Å². The van der Waals surface area contributed by atoms with Gasteiger partial charge in [-0.15, -0.1) is 48.3 Å². The van der Waals surface area contributed by atoms with Gasteiger partial charge in [-0.3, -0.25) is 0 Å². The number of rotatable bonds is 3. The molecule has 0 radical (unpaired) electrons. The molecule has 1 fully saturated rings. The fraction of sp³-hybridized carbons (Fsp3) is 0.400. The molecule has 1 saturated heterocycles. The molecular weight excluding hydrogens is 261 g/mol. The Morgan fingerprint density at radius 2 is 2.05 bits per heavy atom. The third-order valence-corrected chi connectivity index (χ3v) is 2.98. The molecule has 1 aromatic carbocycles. The van der Waals surface area contributed by atoms with Crippen molar-refractivity contribution in [3.63, 3.8) is 0 Å². The van der Waals surface area contributed by atoms with Crippen LogP contribution in [0.25, 0.3) is 10.9 Å². The molecule has 19 heavy (non-hydrogen) atoms. The van der Waals surface area contributed by atoms with Crippen LogP contribution in [0.2, 0.25) is 0 Å². The molecule has 4 heteroatoms. The van der Waals surface area contributed by atoms with E-state index in [1.807, 2.05) is 12.1 Å². The minimum absolute atomic E-state index is 0. The maximum atomic E-state index is 3.27. The van der Waals surface area contributed by atoms with E-state index in [9.17, 15) is 0 Å². The molecule has 0 aliphatic carbocycles. The average molecular weight is 282 g/mol. The number of benzene rings is 1. The van der Waals surface area contributed by atoms with E-state index in [2.05, 4.69) is 54.0 Å². The van der Waals surface area contributed by atoms with Crippen LogP contribution in [0.15, 0.2) is 24.4 Å². The standard InChI is InChI=1S/C12H15N2.C3H6N.K/c1-14(2)8-7-10-9-13-12-6-4-3-5-11(10)12;1-2-4-3-1;/h3-4,6,9,13H,7-8H2,1-2H3;1,4H,2-3H2;/q2*-1;+1. The van der Waals surface area contributed by atoms with Crippen LogP contribution in [0.3, 0.4) is 0 Å². The van der Waals surface area contributed by atoms with Gasteiger partial charge in [0.15, 0.2) is 0 Å². The minimum atomic E-state index is 0. The summed E-state index contributed by atoms with van der Waals surface area (Å²) in [4.78, 5) is 5.46. The number of aromatic nitrogens is 1. The number of likely N-dealkylation sites (N-methyl/N-ethyl adjacent to an activating group) is 1. The summed E-state index contributed by atoms with van der Waals surface area (Å²) >= 11 is 0. The maximum absolute atomic E-state index is 3.27. The van der Waals surface area contributed by atoms with Gasteiger partial charge >= 0.3 is 51.4 Å². The van der Waals surface area contributed by atoms with Gasteiger partial charge in [0.25, 0.3) is 0 Å². The molecule has 0 spiro atoms. The summed E-state index contributed by atoms with van der Waals surface area (Å²) in [5.74, 6) is 0. The Labute approximate surface area is 158 Å². The van der Waals surface area contributed by atoms with Crippen molar-refractivity contribution in [3.8, 4) is 0 Å². The summed E-state index contributed by atoms with van der Waals surface area (Å²) in [6.45, 7) is 3.33. The van der Waals surface area contributed by atoms with Crippen molar-refractivity contribution in [1.29, 1.82) is 0 Å². The van der Waals surface area contributed by atoms with Crippen molar-refractivity contribution in [2.24, 2.45) is 0 Å². The van der Waals surface area contributed by atoms with Crippen LogP contribution in [-0.4, -0.2) is 43.6 Å². The van der Waals surface area contributed by atoms with E-state index >= 15 is 0 Å². The van der Waals surface area contributed by atoms with E-state index < -0.39 is 0 Å². The Hall–Kier alpha value is 0.316. The summed E-state index contributed by atoms with van der Waals surface area (Å²) in [5.41, 5.74) is 2.54. The molecule has 0 bridgehead atoms. The van der Waals surface area contributed by atoms with Crippen LogP contribution in [0.1, 0.15) is 5.56 Å². The predicted octanol–water partition coefficient (Wildman–Crippen LogP) is -1.13. The van der Waals surface area contributed by atoms with E-state index in [1.165, 1.54) is 16.5 Å². The van der Waals surface area contributed by atoms with Gasteiger partial charge in [-0.25, -0.2) is 0 Å². The summed E-state index contributed by atoms with van der Waals surface area (Å²) in [6, 6.07) is 9.34. The van der Waals surface area contributed by atoms with Crippen molar-refractivity contribution in [3.05, 3.63) is 42.4 Å². The molecule has 2 heterocycles. The molecule has 3 rings (SSSR count). The summed E-state index contributed by atoms with van der Waals surface area (Å²) in [5, 5.41) is 4.29. The average Bonchev–Trinajstić information content (AvgIpc) is 2.67. The number of fused-ring (bicyclic) bond motifs is 1. The number of H-pyrrole nitrogens is 1. The van der Waals surface area contributed by atoms with Crippen molar-refractivity contribution < 1.29 is 51.4 Å². The molecule has 1 aliphatic rings. The topological polar surface area (TPSA) is 31.1 Å². The van der Waals surface area contributed by atoms with Gasteiger partial charge < -0.3 is 21.6 Å². The van der Waals surface area contributed by atoms with E-state index in [4.69, 9.17) is 0 Å². The summed E-state index contributed by atoms with van der Waals surface area (Å²) in [6.07, 6.45) is 5.36. The first-order chi connectivity index (χ1) is 8.77. The van der Waals surface area contributed by atoms with Gasteiger partial charge in [0.05, 0.1) is 0 Å². The van der Waals surface area contributed by atoms with Crippen LogP contribution >= 0.6 is 0 Å². The first-order valence-electron chi connectivity index (χ1n) is 6.41. The molecule has 0 saturated carbocycles. The zero-order valence-corrected chi connectivity index (χ0v) is 15.3. The Balaban J connectivity index is 0.000000310. The van der Waals surface area contributed by atoms with E-state index in [-0.39, 0.29) is 51.4 Å². The molecule has 1 aromatic heterocycles. The summed E-state index contributed by atoms with van der Waals surface area (Å²) < 4.78 is 0. The largest absolute Gasteiger partial charge is 1.00 e. The van der Waals surface area contributed by atoms with Gasteiger partial charge in [-0.2, -0.15) is 0 Å². The SMILES string of the molecule is CN(C)CCc1c[nH]c2ccc[c-]c12.[CH-]1CNC1.[K+]. The molecule has 2 aromatic rings. The predicted molar refractivity (Wildman–Crippen MR) is 76.6 cm³/mol. The smallest absolute Gasteiger partial charge is 0.409 e. The van der Waals surface area contributed by atoms with Crippen LogP contribution in [0, 0.1) is 12.5 Å². The second kappa shape index (κ2) is 9.29. The van der Waals surface area contributed by atoms with Crippen molar-refractivity contribution in [1.82, 2.24) is 15.2 Å². The first-order valence-corrected chi connectivity index (χ1v) is 6.41. The van der Waals surface area contributed by atoms with Gasteiger partial charge in [-0.05, 0) is 38.8 Å². The normalized spacial score (nSPS) is 13.4. The zero-order valence-electron chi connectivity index (χ0n) is 12.2. The molecule has 0 amide bonds. The van der Waals surface area contributed by atoms with E-state index in [0.717, 1.165) is 26.1 Å². The number of nitrogens with zero attached hydrogens (tertiary/aromatic N) is 1. The van der Waals surface area contributed by atoms with E-state index in [1.54, 1.807) is 0 Å². The van der Waals surface area contributed by atoms with Gasteiger partial charge in [0.1, 0.15) is 0 Å². The fourth-order valence-corrected chi connectivity index (χ4v) is 1.75. The molecule has 0 atom stereocenters. The number of nitrogens with one attached hydrogen (secondary N) is 2. The monoisotopic (exact) mass is 282 g/mol. The number of aromatic amines is 1. The quantitative estimate of drug-likeness (QED) is 0.551. The third kappa shape index (κ3) is 5.67. The Bertz CT molecular complexity index is 471. The summed E-state index contributed by atoms with van der Waals surface area (Å²) in [7, 11) is 4.19. The van der Waals surface area contributed by atoms with Crippen LogP contribution in [0.4, 0.5) is 0 Å². The molecule has 98 valence electrons. The van der Waals surface area contributed by atoms with E-state index in [0.29, 0.717) is 0 Å². The van der Waals surface area contributed by atoms with Gasteiger partial charge in [0.2, 0.25) is 0 Å². The first kappa shape index (κ1) is 17.4. The molecule has 0 unspecified atom stereocenters. The van der Waals surface area contributed by atoms with Crippen molar-refractivity contribution >= 4 is 10.9 Å². The van der Waals surface area contributed by atoms with Crippen molar-refractivity contribution in [2.45, 2.75) is 6.42 Å². The molecule has 3 nitrogen and oxygen atoms in total. The zero-order chi connectivity index (χ0) is 12.8. The van der Waals surface area contributed by atoms with Gasteiger partial charge in [0, 0.05) is 0 Å². The number of hydrogen-bond acceptors (Lipinski definition) is 2. The molecule has 1 aliphatic heterocycles. The Morgan fingerprint density at radius 3 is 2.63 bits per heavy atom. The van der Waals surface area contributed by atoms with Crippen LogP contribution in [-0.2, 0) is 6.42 Å². The minimum Gasteiger partial charge on any atom is -0.409 e. The van der Waals surface area contributed by atoms with Crippen LogP contribution < -0.4 is 56.7 Å². The van der Waals surface area contributed by atoms with Gasteiger partial charge in [-0.1, -0.05) is 0 Å². The fourth-order valence-electron chi connectivity index (χ4n) is 1.75. The molecular formula is C15H21KN3-. The van der Waals surface area contributed by atoms with Crippen molar-refractivity contribution in [2.75, 3.05) is 33.7 Å². The second-order valence-corrected chi connectivity index (χ2v) is 4.77. The molecule has 2 N–H and O–H groups in total.